The molecule has 4 heteroatoms. The van der Waals surface area contributed by atoms with E-state index in [-0.39, 0.29) is 0 Å². The zero-order valence-electron chi connectivity index (χ0n) is 19.3. The van der Waals surface area contributed by atoms with Crippen molar-refractivity contribution in [3.05, 3.63) is 138 Å². The summed E-state index contributed by atoms with van der Waals surface area (Å²) in [6.45, 7) is 0. The molecule has 2 unspecified atom stereocenters. The summed E-state index contributed by atoms with van der Waals surface area (Å²) in [6, 6.07) is 34.2. The number of carbonyl (C=O) groups is 2. The lowest BCUT2D eigenvalue weighted by Gasteiger charge is -2.30. The van der Waals surface area contributed by atoms with Crippen molar-refractivity contribution in [1.82, 2.24) is 0 Å². The van der Waals surface area contributed by atoms with E-state index in [9.17, 15) is 9.59 Å². The third kappa shape index (κ3) is 4.03. The van der Waals surface area contributed by atoms with Gasteiger partial charge in [0.05, 0.1) is 11.1 Å². The Bertz CT molecular complexity index is 1620. The first-order chi connectivity index (χ1) is 17.7. The second kappa shape index (κ2) is 9.16. The summed E-state index contributed by atoms with van der Waals surface area (Å²) in [5.74, 6) is -0.942. The molecule has 0 radical (unpaired) electrons. The van der Waals surface area contributed by atoms with Crippen LogP contribution < -0.4 is 0 Å². The summed E-state index contributed by atoms with van der Waals surface area (Å²) in [5, 5.41) is 4.45. The van der Waals surface area contributed by atoms with E-state index in [4.69, 9.17) is 9.47 Å². The van der Waals surface area contributed by atoms with Gasteiger partial charge in [0, 0.05) is 5.56 Å². The quantitative estimate of drug-likeness (QED) is 0.207. The van der Waals surface area contributed by atoms with E-state index in [1.54, 1.807) is 54.6 Å². The highest BCUT2D eigenvalue weighted by molar-refractivity contribution is 6.08. The van der Waals surface area contributed by atoms with Crippen LogP contribution in [-0.2, 0) is 9.47 Å². The first-order valence-electron chi connectivity index (χ1n) is 11.8. The SMILES string of the molecule is O=C(OC1C=Cc2cc3c(ccc4ccccc43)cc2C1OC(=O)c1ccccc1)c1ccccc1. The lowest BCUT2D eigenvalue weighted by Crippen LogP contribution is -2.30. The lowest BCUT2D eigenvalue weighted by molar-refractivity contribution is -0.0228. The smallest absolute Gasteiger partial charge is 0.338 e. The average Bonchev–Trinajstić information content (AvgIpc) is 2.94. The Morgan fingerprint density at radius 1 is 0.583 bits per heavy atom. The number of rotatable bonds is 4. The fourth-order valence-electron chi connectivity index (χ4n) is 4.71. The van der Waals surface area contributed by atoms with Gasteiger partial charge in [-0.05, 0) is 69.6 Å². The zero-order chi connectivity index (χ0) is 24.5. The standard InChI is InChI=1S/C32H22O4/c33-31(22-10-3-1-4-11-22)35-29-18-17-25-19-27-24(16-15-21-9-7-8-14-26(21)27)20-28(25)30(29)36-32(34)23-12-5-2-6-13-23/h1-20,29-30H. The van der Waals surface area contributed by atoms with Crippen molar-refractivity contribution in [3.8, 4) is 0 Å². The third-order valence-corrected chi connectivity index (χ3v) is 6.52. The summed E-state index contributed by atoms with van der Waals surface area (Å²) in [4.78, 5) is 26.0. The van der Waals surface area contributed by atoms with Crippen molar-refractivity contribution < 1.29 is 19.1 Å². The van der Waals surface area contributed by atoms with Gasteiger partial charge in [0.2, 0.25) is 0 Å². The zero-order valence-corrected chi connectivity index (χ0v) is 19.3. The first-order valence-corrected chi connectivity index (χ1v) is 11.8. The molecule has 0 saturated heterocycles. The van der Waals surface area contributed by atoms with Crippen LogP contribution in [0, 0.1) is 0 Å². The normalized spacial score (nSPS) is 16.4. The van der Waals surface area contributed by atoms with E-state index in [0.29, 0.717) is 11.1 Å². The van der Waals surface area contributed by atoms with Gasteiger partial charge in [-0.15, -0.1) is 0 Å². The Balaban J connectivity index is 1.42. The predicted octanol–water partition coefficient (Wildman–Crippen LogP) is 7.14. The highest BCUT2D eigenvalue weighted by Crippen LogP contribution is 2.38. The molecule has 0 spiro atoms. The van der Waals surface area contributed by atoms with Crippen molar-refractivity contribution >= 4 is 39.6 Å². The largest absolute Gasteiger partial charge is 0.450 e. The van der Waals surface area contributed by atoms with E-state index >= 15 is 0 Å². The fraction of sp³-hybridized carbons (Fsp3) is 0.0625. The Kier molecular flexibility index (Phi) is 5.55. The number of esters is 2. The minimum Gasteiger partial charge on any atom is -0.450 e. The monoisotopic (exact) mass is 470 g/mol. The van der Waals surface area contributed by atoms with Crippen molar-refractivity contribution in [1.29, 1.82) is 0 Å². The summed E-state index contributed by atoms with van der Waals surface area (Å²) in [6.07, 6.45) is 2.17. The molecule has 0 amide bonds. The molecular formula is C32H22O4. The molecule has 5 aromatic carbocycles. The highest BCUT2D eigenvalue weighted by atomic mass is 16.6. The topological polar surface area (TPSA) is 52.6 Å². The Labute approximate surface area is 208 Å². The minimum atomic E-state index is -0.791. The van der Waals surface area contributed by atoms with Gasteiger partial charge in [-0.1, -0.05) is 78.9 Å². The maximum atomic E-state index is 13.1. The van der Waals surface area contributed by atoms with Gasteiger partial charge in [0.1, 0.15) is 0 Å². The molecule has 174 valence electrons. The van der Waals surface area contributed by atoms with Gasteiger partial charge in [-0.25, -0.2) is 9.59 Å². The van der Waals surface area contributed by atoms with Crippen molar-refractivity contribution in [2.24, 2.45) is 0 Å². The Morgan fingerprint density at radius 3 is 1.92 bits per heavy atom. The van der Waals surface area contributed by atoms with Gasteiger partial charge in [-0.2, -0.15) is 0 Å². The second-order valence-corrected chi connectivity index (χ2v) is 8.78. The van der Waals surface area contributed by atoms with E-state index < -0.39 is 24.1 Å². The second-order valence-electron chi connectivity index (χ2n) is 8.78. The minimum absolute atomic E-state index is 0.438. The van der Waals surface area contributed by atoms with Crippen LogP contribution in [0.1, 0.15) is 37.9 Å². The summed E-state index contributed by atoms with van der Waals surface area (Å²) in [7, 11) is 0. The number of fused-ring (bicyclic) bond motifs is 4. The van der Waals surface area contributed by atoms with Crippen LogP contribution in [-0.4, -0.2) is 18.0 Å². The van der Waals surface area contributed by atoms with E-state index in [0.717, 1.165) is 32.7 Å². The van der Waals surface area contributed by atoms with Gasteiger partial charge in [0.25, 0.3) is 0 Å². The Hall–Kier alpha value is -4.70. The fourth-order valence-corrected chi connectivity index (χ4v) is 4.71. The number of benzene rings is 5. The van der Waals surface area contributed by atoms with Gasteiger partial charge >= 0.3 is 11.9 Å². The number of hydrogen-bond donors (Lipinski definition) is 0. The maximum absolute atomic E-state index is 13.1. The molecule has 0 fully saturated rings. The molecular weight excluding hydrogens is 448 g/mol. The molecule has 2 atom stereocenters. The van der Waals surface area contributed by atoms with Crippen LogP contribution in [0.25, 0.3) is 27.6 Å². The molecule has 0 bridgehead atoms. The molecule has 36 heavy (non-hydrogen) atoms. The molecule has 0 aliphatic heterocycles. The van der Waals surface area contributed by atoms with Crippen LogP contribution in [0.5, 0.6) is 0 Å². The van der Waals surface area contributed by atoms with Gasteiger partial charge < -0.3 is 9.47 Å². The molecule has 0 heterocycles. The van der Waals surface area contributed by atoms with E-state index in [1.165, 1.54) is 0 Å². The molecule has 6 rings (SSSR count). The molecule has 4 nitrogen and oxygen atoms in total. The predicted molar refractivity (Wildman–Crippen MR) is 141 cm³/mol. The van der Waals surface area contributed by atoms with E-state index in [1.807, 2.05) is 36.4 Å². The molecule has 1 aliphatic carbocycles. The summed E-state index contributed by atoms with van der Waals surface area (Å²) >= 11 is 0. The number of ether oxygens (including phenoxy) is 2. The van der Waals surface area contributed by atoms with Crippen LogP contribution >= 0.6 is 0 Å². The van der Waals surface area contributed by atoms with Crippen LogP contribution in [0.2, 0.25) is 0 Å². The number of carbonyl (C=O) groups excluding carboxylic acids is 2. The van der Waals surface area contributed by atoms with Gasteiger partial charge in [-0.3, -0.25) is 0 Å². The third-order valence-electron chi connectivity index (χ3n) is 6.52. The summed E-state index contributed by atoms with van der Waals surface area (Å²) in [5.41, 5.74) is 2.61. The number of hydrogen-bond acceptors (Lipinski definition) is 4. The van der Waals surface area contributed by atoms with Crippen LogP contribution in [0.4, 0.5) is 0 Å². The first kappa shape index (κ1) is 21.8. The van der Waals surface area contributed by atoms with E-state index in [2.05, 4.69) is 30.3 Å². The average molecular weight is 471 g/mol. The van der Waals surface area contributed by atoms with Crippen molar-refractivity contribution in [2.45, 2.75) is 12.2 Å². The molecule has 0 N–H and O–H groups in total. The van der Waals surface area contributed by atoms with Gasteiger partial charge in [0.15, 0.2) is 12.2 Å². The summed E-state index contributed by atoms with van der Waals surface area (Å²) < 4.78 is 11.9. The molecule has 5 aromatic rings. The Morgan fingerprint density at radius 2 is 1.19 bits per heavy atom. The maximum Gasteiger partial charge on any atom is 0.338 e. The highest BCUT2D eigenvalue weighted by Gasteiger charge is 2.33. The van der Waals surface area contributed by atoms with Crippen LogP contribution in [0.3, 0.4) is 0 Å². The lowest BCUT2D eigenvalue weighted by atomic mass is 9.88. The molecule has 1 aliphatic rings. The van der Waals surface area contributed by atoms with Crippen molar-refractivity contribution in [3.63, 3.8) is 0 Å². The van der Waals surface area contributed by atoms with Crippen LogP contribution in [0.15, 0.2) is 115 Å². The van der Waals surface area contributed by atoms with Crippen molar-refractivity contribution in [2.75, 3.05) is 0 Å². The molecule has 0 aromatic heterocycles. The molecule has 0 saturated carbocycles.